The van der Waals surface area contributed by atoms with E-state index in [-0.39, 0.29) is 11.6 Å². The third kappa shape index (κ3) is 2.47. The highest BCUT2D eigenvalue weighted by atomic mass is 35.5. The number of pyridine rings is 1. The maximum absolute atomic E-state index is 11.5. The Morgan fingerprint density at radius 1 is 1.33 bits per heavy atom. The number of benzene rings is 1. The lowest BCUT2D eigenvalue weighted by molar-refractivity contribution is 0.0697. The summed E-state index contributed by atoms with van der Waals surface area (Å²) in [5, 5.41) is 9.71. The van der Waals surface area contributed by atoms with Gasteiger partial charge in [-0.3, -0.25) is 0 Å². The molecule has 1 unspecified atom stereocenters. The number of anilines is 2. The van der Waals surface area contributed by atoms with Crippen LogP contribution in [0.25, 0.3) is 0 Å². The first-order valence-electron chi connectivity index (χ1n) is 6.85. The minimum absolute atomic E-state index is 0.169. The highest BCUT2D eigenvalue weighted by Crippen LogP contribution is 2.37. The molecule has 0 saturated heterocycles. The van der Waals surface area contributed by atoms with E-state index in [2.05, 4.69) is 18.0 Å². The smallest absolute Gasteiger partial charge is 0.339 e. The van der Waals surface area contributed by atoms with Crippen LogP contribution in [-0.4, -0.2) is 22.1 Å². The van der Waals surface area contributed by atoms with Crippen molar-refractivity contribution in [1.29, 1.82) is 0 Å². The number of carbonyl (C=O) groups is 1. The Hall–Kier alpha value is -2.07. The van der Waals surface area contributed by atoms with Gasteiger partial charge >= 0.3 is 5.97 Å². The number of para-hydroxylation sites is 1. The zero-order chi connectivity index (χ0) is 15.0. The molecule has 4 nitrogen and oxygen atoms in total. The standard InChI is InChI=1S/C16H15ClN2O2/c1-10-6-7-11-4-2-3-5-13(11)19(10)15-12(16(20)21)8-9-14(17)18-15/h2-5,8-10H,6-7H2,1H3,(H,20,21). The molecule has 1 N–H and O–H groups in total. The van der Waals surface area contributed by atoms with Crippen LogP contribution in [0.15, 0.2) is 36.4 Å². The summed E-state index contributed by atoms with van der Waals surface area (Å²) >= 11 is 5.98. The van der Waals surface area contributed by atoms with Gasteiger partial charge in [-0.05, 0) is 43.5 Å². The van der Waals surface area contributed by atoms with Crippen LogP contribution in [0.4, 0.5) is 11.5 Å². The molecular weight excluding hydrogens is 288 g/mol. The second-order valence-electron chi connectivity index (χ2n) is 5.20. The van der Waals surface area contributed by atoms with Gasteiger partial charge < -0.3 is 10.0 Å². The van der Waals surface area contributed by atoms with Gasteiger partial charge in [-0.1, -0.05) is 29.8 Å². The molecule has 2 heterocycles. The summed E-state index contributed by atoms with van der Waals surface area (Å²) in [6.07, 6.45) is 1.93. The molecule has 0 saturated carbocycles. The summed E-state index contributed by atoms with van der Waals surface area (Å²) in [7, 11) is 0. The zero-order valence-electron chi connectivity index (χ0n) is 11.6. The Kier molecular flexibility index (Phi) is 3.55. The van der Waals surface area contributed by atoms with Crippen LogP contribution < -0.4 is 4.90 Å². The molecule has 0 bridgehead atoms. The number of rotatable bonds is 2. The molecule has 108 valence electrons. The molecule has 21 heavy (non-hydrogen) atoms. The topological polar surface area (TPSA) is 53.4 Å². The summed E-state index contributed by atoms with van der Waals surface area (Å²) < 4.78 is 0. The first kappa shape index (κ1) is 13.9. The summed E-state index contributed by atoms with van der Waals surface area (Å²) in [5.74, 6) is -0.584. The molecule has 2 aromatic rings. The average molecular weight is 303 g/mol. The van der Waals surface area contributed by atoms with Crippen molar-refractivity contribution in [2.45, 2.75) is 25.8 Å². The van der Waals surface area contributed by atoms with Gasteiger partial charge in [0.2, 0.25) is 0 Å². The predicted molar refractivity (Wildman–Crippen MR) is 82.6 cm³/mol. The molecule has 0 amide bonds. The number of aryl methyl sites for hydroxylation is 1. The van der Waals surface area contributed by atoms with Crippen molar-refractivity contribution in [2.24, 2.45) is 0 Å². The zero-order valence-corrected chi connectivity index (χ0v) is 12.3. The van der Waals surface area contributed by atoms with Gasteiger partial charge in [-0.2, -0.15) is 0 Å². The van der Waals surface area contributed by atoms with Gasteiger partial charge in [0.1, 0.15) is 16.5 Å². The summed E-state index contributed by atoms with van der Waals surface area (Å²) in [6, 6.07) is 11.2. The lowest BCUT2D eigenvalue weighted by atomic mass is 9.96. The van der Waals surface area contributed by atoms with Crippen LogP contribution in [0.3, 0.4) is 0 Å². The van der Waals surface area contributed by atoms with Crippen LogP contribution in [-0.2, 0) is 6.42 Å². The molecule has 1 atom stereocenters. The van der Waals surface area contributed by atoms with Gasteiger partial charge in [0.25, 0.3) is 0 Å². The van der Waals surface area contributed by atoms with E-state index in [1.807, 2.05) is 23.1 Å². The Labute approximate surface area is 128 Å². The molecule has 1 aliphatic heterocycles. The van der Waals surface area contributed by atoms with E-state index in [9.17, 15) is 9.90 Å². The molecular formula is C16H15ClN2O2. The second kappa shape index (κ2) is 5.37. The normalized spacial score (nSPS) is 17.4. The molecule has 1 aromatic heterocycles. The van der Waals surface area contributed by atoms with E-state index < -0.39 is 5.97 Å². The van der Waals surface area contributed by atoms with Gasteiger partial charge in [0.15, 0.2) is 0 Å². The Bertz CT molecular complexity index is 702. The van der Waals surface area contributed by atoms with Crippen molar-refractivity contribution in [3.63, 3.8) is 0 Å². The van der Waals surface area contributed by atoms with Gasteiger partial charge in [-0.25, -0.2) is 9.78 Å². The van der Waals surface area contributed by atoms with Crippen LogP contribution >= 0.6 is 11.6 Å². The number of carboxylic acid groups (broad SMARTS) is 1. The van der Waals surface area contributed by atoms with Crippen LogP contribution in [0.5, 0.6) is 0 Å². The third-order valence-electron chi connectivity index (χ3n) is 3.82. The van der Waals surface area contributed by atoms with Crippen molar-refractivity contribution in [3.8, 4) is 0 Å². The fourth-order valence-corrected chi connectivity index (χ4v) is 2.93. The number of hydrogen-bond acceptors (Lipinski definition) is 3. The fraction of sp³-hybridized carbons (Fsp3) is 0.250. The maximum Gasteiger partial charge on any atom is 0.339 e. The van der Waals surface area contributed by atoms with E-state index >= 15 is 0 Å². The van der Waals surface area contributed by atoms with Gasteiger partial charge in [-0.15, -0.1) is 0 Å². The number of nitrogens with zero attached hydrogens (tertiary/aromatic N) is 2. The van der Waals surface area contributed by atoms with Crippen molar-refractivity contribution in [2.75, 3.05) is 4.90 Å². The third-order valence-corrected chi connectivity index (χ3v) is 4.03. The van der Waals surface area contributed by atoms with Crippen LogP contribution in [0.1, 0.15) is 29.3 Å². The number of halogens is 1. The molecule has 0 radical (unpaired) electrons. The number of hydrogen-bond donors (Lipinski definition) is 1. The molecule has 0 aliphatic carbocycles. The van der Waals surface area contributed by atoms with Crippen molar-refractivity contribution in [3.05, 3.63) is 52.7 Å². The quantitative estimate of drug-likeness (QED) is 0.855. The highest BCUT2D eigenvalue weighted by Gasteiger charge is 2.28. The lowest BCUT2D eigenvalue weighted by Gasteiger charge is -2.36. The Balaban J connectivity index is 2.20. The summed E-state index contributed by atoms with van der Waals surface area (Å²) in [6.45, 7) is 2.07. The first-order valence-corrected chi connectivity index (χ1v) is 7.22. The Morgan fingerprint density at radius 3 is 2.86 bits per heavy atom. The van der Waals surface area contributed by atoms with Crippen molar-refractivity contribution in [1.82, 2.24) is 4.98 Å². The van der Waals surface area contributed by atoms with Crippen LogP contribution in [0, 0.1) is 0 Å². The average Bonchev–Trinajstić information content (AvgIpc) is 2.46. The van der Waals surface area contributed by atoms with E-state index in [0.717, 1.165) is 18.5 Å². The second-order valence-corrected chi connectivity index (χ2v) is 5.58. The van der Waals surface area contributed by atoms with E-state index in [1.54, 1.807) is 0 Å². The van der Waals surface area contributed by atoms with Gasteiger partial charge in [0.05, 0.1) is 0 Å². The Morgan fingerprint density at radius 2 is 2.10 bits per heavy atom. The largest absolute Gasteiger partial charge is 0.478 e. The van der Waals surface area contributed by atoms with Crippen LogP contribution in [0.2, 0.25) is 5.15 Å². The summed E-state index contributed by atoms with van der Waals surface area (Å²) in [4.78, 5) is 17.7. The monoisotopic (exact) mass is 302 g/mol. The molecule has 1 aliphatic rings. The minimum Gasteiger partial charge on any atom is -0.478 e. The lowest BCUT2D eigenvalue weighted by Crippen LogP contribution is -2.35. The maximum atomic E-state index is 11.5. The van der Waals surface area contributed by atoms with Gasteiger partial charge in [0, 0.05) is 11.7 Å². The van der Waals surface area contributed by atoms with E-state index in [0.29, 0.717) is 11.0 Å². The van der Waals surface area contributed by atoms with E-state index in [4.69, 9.17) is 11.6 Å². The SMILES string of the molecule is CC1CCc2ccccc2N1c1nc(Cl)ccc1C(=O)O. The minimum atomic E-state index is -0.996. The number of carboxylic acids is 1. The molecule has 0 spiro atoms. The van der Waals surface area contributed by atoms with Crippen molar-refractivity contribution < 1.29 is 9.90 Å². The van der Waals surface area contributed by atoms with E-state index in [1.165, 1.54) is 17.7 Å². The predicted octanol–water partition coefficient (Wildman–Crippen LogP) is 3.91. The number of aromatic nitrogens is 1. The highest BCUT2D eigenvalue weighted by molar-refractivity contribution is 6.29. The first-order chi connectivity index (χ1) is 10.1. The molecule has 5 heteroatoms. The molecule has 3 rings (SSSR count). The summed E-state index contributed by atoms with van der Waals surface area (Å²) in [5.41, 5.74) is 2.38. The molecule has 0 fully saturated rings. The number of aromatic carboxylic acids is 1. The fourth-order valence-electron chi connectivity index (χ4n) is 2.79. The van der Waals surface area contributed by atoms with Crippen molar-refractivity contribution >= 4 is 29.1 Å². The number of fused-ring (bicyclic) bond motifs is 1. The molecule has 1 aromatic carbocycles.